The number of benzene rings is 1. The number of anilines is 1. The van der Waals surface area contributed by atoms with Crippen LogP contribution in [0.4, 0.5) is 5.69 Å². The molecule has 1 aliphatic rings. The van der Waals surface area contributed by atoms with Crippen molar-refractivity contribution < 1.29 is 16.8 Å². The molecule has 0 spiro atoms. The second-order valence-electron chi connectivity index (χ2n) is 8.63. The highest BCUT2D eigenvalue weighted by atomic mass is 32.2. The highest BCUT2D eigenvalue weighted by Crippen LogP contribution is 2.35. The van der Waals surface area contributed by atoms with Gasteiger partial charge in [-0.3, -0.25) is 9.21 Å². The van der Waals surface area contributed by atoms with Crippen LogP contribution in [-0.2, 0) is 26.4 Å². The van der Waals surface area contributed by atoms with Crippen molar-refractivity contribution in [2.24, 2.45) is 0 Å². The molecule has 4 aromatic rings. The van der Waals surface area contributed by atoms with Crippen LogP contribution >= 0.6 is 22.7 Å². The number of nitrogens with zero attached hydrogens (tertiary/aromatic N) is 3. The Morgan fingerprint density at radius 1 is 1.20 bits per heavy atom. The van der Waals surface area contributed by atoms with E-state index in [0.717, 1.165) is 33.0 Å². The summed E-state index contributed by atoms with van der Waals surface area (Å²) in [4.78, 5) is 11.2. The van der Waals surface area contributed by atoms with Crippen LogP contribution in [0.5, 0.6) is 0 Å². The molecule has 1 atom stereocenters. The number of sulfonamides is 1. The molecular weight excluding hydrogens is 525 g/mol. The average Bonchev–Trinajstić information content (AvgIpc) is 3.60. The van der Waals surface area contributed by atoms with E-state index >= 15 is 0 Å². The van der Waals surface area contributed by atoms with Crippen LogP contribution in [0, 0.1) is 0 Å². The standard InChI is InChI=1S/C23H26N4O4S4/c1-3-27(35(30,31)21-8-5-11-32-21)20-7-4-6-16-12-19(25-22(16)20)23-24-13-17(33-23)14-26-10-9-18(15-26)34(2,28)29/h4-8,11-13,18,25H,3,9-10,14-15H2,1-2H3. The SMILES string of the molecule is CCN(c1cccc2cc(-c3ncc(CN4CCC(S(C)(=O)=O)C4)s3)[nH]c12)S(=O)(=O)c1cccs1. The van der Waals surface area contributed by atoms with E-state index in [-0.39, 0.29) is 5.25 Å². The lowest BCUT2D eigenvalue weighted by Gasteiger charge is -2.22. The minimum atomic E-state index is -3.66. The summed E-state index contributed by atoms with van der Waals surface area (Å²) in [5.41, 5.74) is 2.17. The maximum absolute atomic E-state index is 13.3. The first-order chi connectivity index (χ1) is 16.7. The van der Waals surface area contributed by atoms with E-state index in [1.807, 2.05) is 37.4 Å². The number of aromatic amines is 1. The first-order valence-electron chi connectivity index (χ1n) is 11.2. The fraction of sp³-hybridized carbons (Fsp3) is 0.348. The highest BCUT2D eigenvalue weighted by Gasteiger charge is 2.30. The van der Waals surface area contributed by atoms with Gasteiger partial charge in [-0.15, -0.1) is 22.7 Å². The summed E-state index contributed by atoms with van der Waals surface area (Å²) in [5, 5.41) is 3.18. The fourth-order valence-electron chi connectivity index (χ4n) is 4.47. The molecule has 1 fully saturated rings. The van der Waals surface area contributed by atoms with Crippen molar-refractivity contribution in [1.29, 1.82) is 0 Å². The van der Waals surface area contributed by atoms with E-state index in [1.165, 1.54) is 21.9 Å². The number of hydrogen-bond acceptors (Lipinski definition) is 8. The van der Waals surface area contributed by atoms with Crippen LogP contribution in [0.2, 0.25) is 0 Å². The third-order valence-corrected chi connectivity index (χ3v) is 12.1. The summed E-state index contributed by atoms with van der Waals surface area (Å²) in [5.74, 6) is 0. The lowest BCUT2D eigenvalue weighted by Crippen LogP contribution is -2.30. The topological polar surface area (TPSA) is 103 Å². The van der Waals surface area contributed by atoms with Crippen molar-refractivity contribution in [3.8, 4) is 10.7 Å². The van der Waals surface area contributed by atoms with Gasteiger partial charge in [0.25, 0.3) is 10.0 Å². The largest absolute Gasteiger partial charge is 0.351 e. The molecule has 0 amide bonds. The number of fused-ring (bicyclic) bond motifs is 1. The Bertz CT molecular complexity index is 1560. The molecule has 1 N–H and O–H groups in total. The van der Waals surface area contributed by atoms with E-state index in [9.17, 15) is 16.8 Å². The van der Waals surface area contributed by atoms with Crippen LogP contribution in [0.15, 0.2) is 52.2 Å². The number of likely N-dealkylation sites (tertiary alicyclic amines) is 1. The number of para-hydroxylation sites is 1. The Balaban J connectivity index is 1.42. The molecule has 1 unspecified atom stereocenters. The number of H-pyrrole nitrogens is 1. The van der Waals surface area contributed by atoms with Crippen LogP contribution in [0.1, 0.15) is 18.2 Å². The van der Waals surface area contributed by atoms with Gasteiger partial charge in [-0.1, -0.05) is 18.2 Å². The molecule has 12 heteroatoms. The molecule has 1 saturated heterocycles. The maximum Gasteiger partial charge on any atom is 0.273 e. The molecule has 35 heavy (non-hydrogen) atoms. The van der Waals surface area contributed by atoms with Gasteiger partial charge >= 0.3 is 0 Å². The van der Waals surface area contributed by atoms with Crippen molar-refractivity contribution in [1.82, 2.24) is 14.9 Å². The number of aromatic nitrogens is 2. The van der Waals surface area contributed by atoms with Crippen molar-refractivity contribution >= 4 is 59.1 Å². The third-order valence-electron chi connectivity index (χ3n) is 6.23. The maximum atomic E-state index is 13.3. The Kier molecular flexibility index (Phi) is 6.51. The Morgan fingerprint density at radius 2 is 2.03 bits per heavy atom. The Morgan fingerprint density at radius 3 is 2.71 bits per heavy atom. The van der Waals surface area contributed by atoms with Gasteiger partial charge in [0.1, 0.15) is 9.22 Å². The average molecular weight is 551 g/mol. The lowest BCUT2D eigenvalue weighted by molar-refractivity contribution is 0.334. The molecule has 186 valence electrons. The molecule has 0 aliphatic carbocycles. The molecular formula is C23H26N4O4S4. The zero-order chi connectivity index (χ0) is 24.8. The van der Waals surface area contributed by atoms with Crippen LogP contribution in [0.25, 0.3) is 21.6 Å². The summed E-state index contributed by atoms with van der Waals surface area (Å²) in [6.07, 6.45) is 3.80. The van der Waals surface area contributed by atoms with E-state index in [4.69, 9.17) is 0 Å². The molecule has 4 heterocycles. The van der Waals surface area contributed by atoms with Crippen molar-refractivity contribution in [3.63, 3.8) is 0 Å². The van der Waals surface area contributed by atoms with Crippen molar-refractivity contribution in [2.75, 3.05) is 30.2 Å². The summed E-state index contributed by atoms with van der Waals surface area (Å²) >= 11 is 2.76. The third kappa shape index (κ3) is 4.77. The van der Waals surface area contributed by atoms with Crippen molar-refractivity contribution in [2.45, 2.75) is 29.3 Å². The molecule has 0 saturated carbocycles. The number of nitrogens with one attached hydrogen (secondary N) is 1. The normalized spacial score (nSPS) is 17.4. The van der Waals surface area contributed by atoms with Gasteiger partial charge in [0.05, 0.1) is 22.1 Å². The lowest BCUT2D eigenvalue weighted by atomic mass is 10.2. The van der Waals surface area contributed by atoms with Crippen molar-refractivity contribution in [3.05, 3.63) is 52.9 Å². The number of thiazole rings is 1. The smallest absolute Gasteiger partial charge is 0.273 e. The van der Waals surface area contributed by atoms with Gasteiger partial charge in [-0.05, 0) is 43.5 Å². The van der Waals surface area contributed by atoms with E-state index in [0.29, 0.717) is 36.0 Å². The van der Waals surface area contributed by atoms with Gasteiger partial charge in [-0.2, -0.15) is 0 Å². The predicted molar refractivity (Wildman–Crippen MR) is 142 cm³/mol. The first kappa shape index (κ1) is 24.4. The predicted octanol–water partition coefficient (Wildman–Crippen LogP) is 4.19. The summed E-state index contributed by atoms with van der Waals surface area (Å²) in [6, 6.07) is 11.0. The van der Waals surface area contributed by atoms with Crippen LogP contribution in [0.3, 0.4) is 0 Å². The van der Waals surface area contributed by atoms with Gasteiger partial charge in [0, 0.05) is 42.4 Å². The molecule has 8 nitrogen and oxygen atoms in total. The second-order valence-corrected chi connectivity index (χ2v) is 15.1. The van der Waals surface area contributed by atoms with Gasteiger partial charge < -0.3 is 4.98 Å². The van der Waals surface area contributed by atoms with Crippen LogP contribution < -0.4 is 4.31 Å². The Labute approximate surface area is 213 Å². The molecule has 3 aromatic heterocycles. The number of hydrogen-bond donors (Lipinski definition) is 1. The molecule has 0 radical (unpaired) electrons. The van der Waals surface area contributed by atoms with E-state index in [2.05, 4.69) is 14.9 Å². The fourth-order valence-corrected chi connectivity index (χ4v) is 9.00. The van der Waals surface area contributed by atoms with E-state index < -0.39 is 19.9 Å². The molecule has 0 bridgehead atoms. The number of thiophene rings is 1. The first-order valence-corrected chi connectivity index (χ1v) is 16.3. The van der Waals surface area contributed by atoms with Crippen LogP contribution in [-0.4, -0.2) is 62.8 Å². The minimum Gasteiger partial charge on any atom is -0.351 e. The van der Waals surface area contributed by atoms with Gasteiger partial charge in [-0.25, -0.2) is 21.8 Å². The Hall–Kier alpha value is -2.25. The monoisotopic (exact) mass is 550 g/mol. The number of sulfone groups is 1. The molecule has 1 aliphatic heterocycles. The molecule has 1 aromatic carbocycles. The van der Waals surface area contributed by atoms with E-state index in [1.54, 1.807) is 28.8 Å². The second kappa shape index (κ2) is 9.32. The minimum absolute atomic E-state index is 0.297. The van der Waals surface area contributed by atoms with Gasteiger partial charge in [0.15, 0.2) is 9.84 Å². The highest BCUT2D eigenvalue weighted by molar-refractivity contribution is 7.94. The summed E-state index contributed by atoms with van der Waals surface area (Å²) in [6.45, 7) is 4.10. The summed E-state index contributed by atoms with van der Waals surface area (Å²) < 4.78 is 52.0. The van der Waals surface area contributed by atoms with Gasteiger partial charge in [0.2, 0.25) is 0 Å². The molecule has 5 rings (SSSR count). The summed E-state index contributed by atoms with van der Waals surface area (Å²) in [7, 11) is -6.69. The zero-order valence-corrected chi connectivity index (χ0v) is 22.6. The quantitative estimate of drug-likeness (QED) is 0.353. The number of rotatable bonds is 8. The zero-order valence-electron chi connectivity index (χ0n) is 19.3.